The van der Waals surface area contributed by atoms with Crippen LogP contribution in [0.1, 0.15) is 34.5 Å². The van der Waals surface area contributed by atoms with E-state index < -0.39 is 0 Å². The van der Waals surface area contributed by atoms with E-state index in [2.05, 4.69) is 0 Å². The van der Waals surface area contributed by atoms with E-state index in [1.807, 2.05) is 37.3 Å². The Labute approximate surface area is 118 Å². The summed E-state index contributed by atoms with van der Waals surface area (Å²) in [6.07, 6.45) is 0. The zero-order valence-corrected chi connectivity index (χ0v) is 11.9. The highest BCUT2D eigenvalue weighted by atomic mass is 19.1. The number of halogens is 1. The van der Waals surface area contributed by atoms with E-state index >= 15 is 0 Å². The van der Waals surface area contributed by atoms with Crippen LogP contribution in [0.5, 0.6) is 0 Å². The highest BCUT2D eigenvalue weighted by Crippen LogP contribution is 2.21. The first-order valence-electron chi connectivity index (χ1n) is 6.59. The molecule has 0 saturated heterocycles. The lowest BCUT2D eigenvalue weighted by molar-refractivity contribution is 0.0742. The van der Waals surface area contributed by atoms with Crippen molar-refractivity contribution in [1.82, 2.24) is 4.90 Å². The van der Waals surface area contributed by atoms with Crippen molar-refractivity contribution in [2.45, 2.75) is 19.9 Å². The maximum atomic E-state index is 13.3. The summed E-state index contributed by atoms with van der Waals surface area (Å²) >= 11 is 0. The topological polar surface area (TPSA) is 20.3 Å². The molecule has 1 unspecified atom stereocenters. The fraction of sp³-hybridized carbons (Fsp3) is 0.235. The van der Waals surface area contributed by atoms with Gasteiger partial charge in [-0.3, -0.25) is 4.79 Å². The van der Waals surface area contributed by atoms with Crippen molar-refractivity contribution >= 4 is 5.91 Å². The summed E-state index contributed by atoms with van der Waals surface area (Å²) in [5, 5.41) is 0. The molecule has 0 fully saturated rings. The van der Waals surface area contributed by atoms with E-state index in [9.17, 15) is 9.18 Å². The summed E-state index contributed by atoms with van der Waals surface area (Å²) in [7, 11) is 1.76. The number of nitrogens with zero attached hydrogens (tertiary/aromatic N) is 1. The van der Waals surface area contributed by atoms with Crippen molar-refractivity contribution in [2.24, 2.45) is 0 Å². The first kappa shape index (κ1) is 14.3. The van der Waals surface area contributed by atoms with Gasteiger partial charge in [0.2, 0.25) is 0 Å². The normalized spacial score (nSPS) is 12.0. The van der Waals surface area contributed by atoms with Crippen molar-refractivity contribution in [3.8, 4) is 0 Å². The highest BCUT2D eigenvalue weighted by Gasteiger charge is 2.19. The van der Waals surface area contributed by atoms with Crippen LogP contribution in [0, 0.1) is 12.7 Å². The minimum absolute atomic E-state index is 0.0333. The Kier molecular flexibility index (Phi) is 4.18. The molecule has 0 aliphatic heterocycles. The van der Waals surface area contributed by atoms with Crippen molar-refractivity contribution < 1.29 is 9.18 Å². The zero-order valence-electron chi connectivity index (χ0n) is 11.9. The molecule has 2 nitrogen and oxygen atoms in total. The molecular weight excluding hydrogens is 253 g/mol. The molecule has 0 heterocycles. The maximum Gasteiger partial charge on any atom is 0.254 e. The van der Waals surface area contributed by atoms with E-state index in [1.54, 1.807) is 24.9 Å². The van der Waals surface area contributed by atoms with E-state index in [4.69, 9.17) is 0 Å². The molecule has 1 atom stereocenters. The van der Waals surface area contributed by atoms with Gasteiger partial charge in [0.25, 0.3) is 5.91 Å². The van der Waals surface area contributed by atoms with Gasteiger partial charge in [-0.2, -0.15) is 0 Å². The number of carbonyl (C=O) groups is 1. The van der Waals surface area contributed by atoms with Crippen molar-refractivity contribution in [1.29, 1.82) is 0 Å². The van der Waals surface area contributed by atoms with E-state index in [0.717, 1.165) is 5.56 Å². The summed E-state index contributed by atoms with van der Waals surface area (Å²) in [5.41, 5.74) is 2.06. The summed E-state index contributed by atoms with van der Waals surface area (Å²) in [6, 6.07) is 14.2. The predicted molar refractivity (Wildman–Crippen MR) is 78.1 cm³/mol. The molecule has 0 aliphatic rings. The molecule has 1 amide bonds. The molecule has 0 saturated carbocycles. The molecule has 0 radical (unpaired) electrons. The number of carbonyl (C=O) groups excluding carboxylic acids is 1. The average Bonchev–Trinajstić information content (AvgIpc) is 2.48. The van der Waals surface area contributed by atoms with E-state index in [1.165, 1.54) is 12.1 Å². The Morgan fingerprint density at radius 1 is 1.15 bits per heavy atom. The second-order valence-electron chi connectivity index (χ2n) is 4.97. The minimum Gasteiger partial charge on any atom is -0.335 e. The quantitative estimate of drug-likeness (QED) is 0.827. The maximum absolute atomic E-state index is 13.3. The predicted octanol–water partition coefficient (Wildman–Crippen LogP) is 3.97. The molecule has 2 aromatic rings. The molecule has 3 heteroatoms. The molecule has 20 heavy (non-hydrogen) atoms. The van der Waals surface area contributed by atoms with Gasteiger partial charge < -0.3 is 4.90 Å². The van der Waals surface area contributed by atoms with Crippen LogP contribution in [0.15, 0.2) is 48.5 Å². The van der Waals surface area contributed by atoms with Gasteiger partial charge in [0.15, 0.2) is 0 Å². The summed E-state index contributed by atoms with van der Waals surface area (Å²) in [5.74, 6) is -0.398. The van der Waals surface area contributed by atoms with Crippen LogP contribution in [-0.4, -0.2) is 17.9 Å². The van der Waals surface area contributed by atoms with Crippen LogP contribution in [0.2, 0.25) is 0 Å². The molecular formula is C17H18FNO. The smallest absolute Gasteiger partial charge is 0.254 e. The lowest BCUT2D eigenvalue weighted by Crippen LogP contribution is -2.29. The fourth-order valence-corrected chi connectivity index (χ4v) is 2.11. The monoisotopic (exact) mass is 271 g/mol. The molecule has 0 spiro atoms. The van der Waals surface area contributed by atoms with Gasteiger partial charge in [-0.1, -0.05) is 30.3 Å². The Bertz CT molecular complexity index is 610. The third-order valence-electron chi connectivity index (χ3n) is 3.59. The van der Waals surface area contributed by atoms with Gasteiger partial charge in [-0.15, -0.1) is 0 Å². The van der Waals surface area contributed by atoms with Crippen LogP contribution < -0.4 is 0 Å². The third-order valence-corrected chi connectivity index (χ3v) is 3.59. The van der Waals surface area contributed by atoms with Crippen LogP contribution in [0.3, 0.4) is 0 Å². The van der Waals surface area contributed by atoms with Gasteiger partial charge in [0, 0.05) is 12.6 Å². The van der Waals surface area contributed by atoms with Crippen LogP contribution in [0.4, 0.5) is 4.39 Å². The lowest BCUT2D eigenvalue weighted by atomic mass is 10.1. The number of hydrogen-bond donors (Lipinski definition) is 0. The average molecular weight is 271 g/mol. The van der Waals surface area contributed by atoms with Gasteiger partial charge in [0.05, 0.1) is 6.04 Å². The molecule has 104 valence electrons. The standard InChI is InChI=1S/C17H18FNO/c1-12-11-15(9-10-16(12)18)17(20)19(3)13(2)14-7-5-4-6-8-14/h4-11,13H,1-3H3. The number of rotatable bonds is 3. The molecule has 0 N–H and O–H groups in total. The number of benzene rings is 2. The Hall–Kier alpha value is -2.16. The number of hydrogen-bond acceptors (Lipinski definition) is 1. The highest BCUT2D eigenvalue weighted by molar-refractivity contribution is 5.94. The van der Waals surface area contributed by atoms with Crippen LogP contribution in [-0.2, 0) is 0 Å². The molecule has 2 rings (SSSR count). The van der Waals surface area contributed by atoms with E-state index in [0.29, 0.717) is 11.1 Å². The number of aryl methyl sites for hydroxylation is 1. The molecule has 0 aliphatic carbocycles. The van der Waals surface area contributed by atoms with Gasteiger partial charge >= 0.3 is 0 Å². The summed E-state index contributed by atoms with van der Waals surface area (Å²) in [6.45, 7) is 3.64. The Morgan fingerprint density at radius 3 is 2.40 bits per heavy atom. The summed E-state index contributed by atoms with van der Waals surface area (Å²) in [4.78, 5) is 14.1. The van der Waals surface area contributed by atoms with Gasteiger partial charge in [-0.05, 0) is 43.2 Å². The van der Waals surface area contributed by atoms with E-state index in [-0.39, 0.29) is 17.8 Å². The first-order valence-corrected chi connectivity index (χ1v) is 6.59. The molecule has 0 aromatic heterocycles. The molecule has 0 bridgehead atoms. The lowest BCUT2D eigenvalue weighted by Gasteiger charge is -2.25. The minimum atomic E-state index is -0.291. The second kappa shape index (κ2) is 5.87. The molecule has 2 aromatic carbocycles. The van der Waals surface area contributed by atoms with Crippen LogP contribution >= 0.6 is 0 Å². The SMILES string of the molecule is Cc1cc(C(=O)N(C)C(C)c2ccccc2)ccc1F. The Balaban J connectivity index is 2.22. The largest absolute Gasteiger partial charge is 0.335 e. The third kappa shape index (κ3) is 2.87. The Morgan fingerprint density at radius 2 is 1.80 bits per heavy atom. The zero-order chi connectivity index (χ0) is 14.7. The van der Waals surface area contributed by atoms with Gasteiger partial charge in [0.1, 0.15) is 5.82 Å². The first-order chi connectivity index (χ1) is 9.50. The van der Waals surface area contributed by atoms with Crippen LogP contribution in [0.25, 0.3) is 0 Å². The fourth-order valence-electron chi connectivity index (χ4n) is 2.11. The van der Waals surface area contributed by atoms with Crippen molar-refractivity contribution in [2.75, 3.05) is 7.05 Å². The second-order valence-corrected chi connectivity index (χ2v) is 4.97. The van der Waals surface area contributed by atoms with Gasteiger partial charge in [-0.25, -0.2) is 4.39 Å². The van der Waals surface area contributed by atoms with Crippen molar-refractivity contribution in [3.05, 3.63) is 71.0 Å². The number of amides is 1. The van der Waals surface area contributed by atoms with Crippen molar-refractivity contribution in [3.63, 3.8) is 0 Å². The summed E-state index contributed by atoms with van der Waals surface area (Å²) < 4.78 is 13.3.